The summed E-state index contributed by atoms with van der Waals surface area (Å²) in [6.07, 6.45) is 8.81. The Balaban J connectivity index is 1.74. The molecule has 1 aliphatic rings. The number of aromatic nitrogens is 2. The van der Waals surface area contributed by atoms with Gasteiger partial charge in [-0.1, -0.05) is 43.2 Å². The van der Waals surface area contributed by atoms with E-state index in [9.17, 15) is 4.79 Å². The van der Waals surface area contributed by atoms with Crippen molar-refractivity contribution < 1.29 is 4.79 Å². The molecule has 0 spiro atoms. The van der Waals surface area contributed by atoms with Crippen LogP contribution in [0.5, 0.6) is 0 Å². The van der Waals surface area contributed by atoms with E-state index in [1.54, 1.807) is 12.4 Å². The lowest BCUT2D eigenvalue weighted by molar-refractivity contribution is 0.0683. The molecule has 1 amide bonds. The Hall–Kier alpha value is -2.23. The first kappa shape index (κ1) is 15.7. The summed E-state index contributed by atoms with van der Waals surface area (Å²) in [5.74, 6) is 0.756. The zero-order valence-electron chi connectivity index (χ0n) is 13.6. The van der Waals surface area contributed by atoms with Gasteiger partial charge in [-0.2, -0.15) is 0 Å². The summed E-state index contributed by atoms with van der Waals surface area (Å²) < 4.78 is 0. The molecule has 0 aliphatic heterocycles. The second-order valence-electron chi connectivity index (χ2n) is 6.19. The van der Waals surface area contributed by atoms with Crippen LogP contribution in [0, 0.1) is 6.92 Å². The van der Waals surface area contributed by atoms with Crippen LogP contribution < -0.4 is 0 Å². The van der Waals surface area contributed by atoms with Gasteiger partial charge in [0.05, 0.1) is 5.56 Å². The van der Waals surface area contributed by atoms with Crippen molar-refractivity contribution in [2.75, 3.05) is 6.54 Å². The van der Waals surface area contributed by atoms with E-state index < -0.39 is 0 Å². The minimum Gasteiger partial charge on any atom is -0.335 e. The van der Waals surface area contributed by atoms with Crippen LogP contribution in [0.25, 0.3) is 0 Å². The van der Waals surface area contributed by atoms with Crippen LogP contribution in [0.2, 0.25) is 0 Å². The summed E-state index contributed by atoms with van der Waals surface area (Å²) in [6, 6.07) is 10.7. The molecule has 1 aromatic carbocycles. The predicted molar refractivity (Wildman–Crippen MR) is 90.2 cm³/mol. The summed E-state index contributed by atoms with van der Waals surface area (Å²) in [5.41, 5.74) is 1.86. The number of carbonyl (C=O) groups excluding carboxylic acids is 1. The lowest BCUT2D eigenvalue weighted by Crippen LogP contribution is -2.40. The maximum absolute atomic E-state index is 12.9. The minimum atomic E-state index is 0.0628. The van der Waals surface area contributed by atoms with E-state index in [1.165, 1.54) is 18.4 Å². The van der Waals surface area contributed by atoms with Crippen molar-refractivity contribution in [2.24, 2.45) is 0 Å². The number of rotatable bonds is 5. The van der Waals surface area contributed by atoms with Gasteiger partial charge in [0.1, 0.15) is 5.82 Å². The van der Waals surface area contributed by atoms with Gasteiger partial charge in [-0.05, 0) is 31.7 Å². The second-order valence-corrected chi connectivity index (χ2v) is 6.19. The molecular formula is C19H23N3O. The third-order valence-electron chi connectivity index (χ3n) is 4.54. The zero-order chi connectivity index (χ0) is 16.1. The fourth-order valence-corrected chi connectivity index (χ4v) is 3.23. The largest absolute Gasteiger partial charge is 0.335 e. The van der Waals surface area contributed by atoms with Crippen LogP contribution in [0.3, 0.4) is 0 Å². The Kier molecular flexibility index (Phi) is 5.01. The molecule has 0 radical (unpaired) electrons. The molecule has 1 aliphatic carbocycles. The van der Waals surface area contributed by atoms with Crippen LogP contribution >= 0.6 is 0 Å². The molecule has 1 aromatic heterocycles. The van der Waals surface area contributed by atoms with Crippen LogP contribution in [0.1, 0.15) is 47.4 Å². The zero-order valence-corrected chi connectivity index (χ0v) is 13.6. The highest BCUT2D eigenvalue weighted by Gasteiger charge is 2.27. The Morgan fingerprint density at radius 1 is 1.13 bits per heavy atom. The Labute approximate surface area is 137 Å². The molecule has 0 N–H and O–H groups in total. The highest BCUT2D eigenvalue weighted by atomic mass is 16.2. The van der Waals surface area contributed by atoms with Crippen molar-refractivity contribution in [2.45, 2.75) is 45.1 Å². The van der Waals surface area contributed by atoms with E-state index in [2.05, 4.69) is 22.1 Å². The normalized spacial score (nSPS) is 14.8. The van der Waals surface area contributed by atoms with Crippen LogP contribution in [0.4, 0.5) is 0 Å². The molecule has 0 bridgehead atoms. The van der Waals surface area contributed by atoms with Crippen molar-refractivity contribution >= 4 is 5.91 Å². The van der Waals surface area contributed by atoms with E-state index >= 15 is 0 Å². The SMILES string of the molecule is Cc1ncc(C(=O)N(CCc2ccccc2)C2CCCC2)cn1. The molecule has 4 nitrogen and oxygen atoms in total. The molecule has 120 valence electrons. The van der Waals surface area contributed by atoms with E-state index in [4.69, 9.17) is 0 Å². The van der Waals surface area contributed by atoms with Crippen molar-refractivity contribution in [3.8, 4) is 0 Å². The minimum absolute atomic E-state index is 0.0628. The van der Waals surface area contributed by atoms with Crippen LogP contribution in [-0.2, 0) is 6.42 Å². The summed E-state index contributed by atoms with van der Waals surface area (Å²) >= 11 is 0. The van der Waals surface area contributed by atoms with Crippen LogP contribution in [-0.4, -0.2) is 33.4 Å². The molecule has 23 heavy (non-hydrogen) atoms. The van der Waals surface area contributed by atoms with Gasteiger partial charge in [0, 0.05) is 25.0 Å². The summed E-state index contributed by atoms with van der Waals surface area (Å²) in [6.45, 7) is 2.58. The van der Waals surface area contributed by atoms with Gasteiger partial charge in [0.15, 0.2) is 0 Å². The Bertz CT molecular complexity index is 633. The van der Waals surface area contributed by atoms with Gasteiger partial charge in [-0.3, -0.25) is 4.79 Å². The third-order valence-corrected chi connectivity index (χ3v) is 4.54. The Morgan fingerprint density at radius 2 is 1.78 bits per heavy atom. The molecule has 1 heterocycles. The van der Waals surface area contributed by atoms with Gasteiger partial charge < -0.3 is 4.90 Å². The first-order valence-electron chi connectivity index (χ1n) is 8.37. The van der Waals surface area contributed by atoms with Gasteiger partial charge >= 0.3 is 0 Å². The lowest BCUT2D eigenvalue weighted by atomic mass is 10.1. The molecule has 1 saturated carbocycles. The number of carbonyl (C=O) groups is 1. The fourth-order valence-electron chi connectivity index (χ4n) is 3.23. The highest BCUT2D eigenvalue weighted by molar-refractivity contribution is 5.93. The monoisotopic (exact) mass is 309 g/mol. The van der Waals surface area contributed by atoms with Gasteiger partial charge in [0.25, 0.3) is 5.91 Å². The maximum Gasteiger partial charge on any atom is 0.257 e. The molecular weight excluding hydrogens is 286 g/mol. The third kappa shape index (κ3) is 3.95. The maximum atomic E-state index is 12.9. The standard InChI is InChI=1S/C19H23N3O/c1-15-20-13-17(14-21-15)19(23)22(18-9-5-6-10-18)12-11-16-7-3-2-4-8-16/h2-4,7-8,13-14,18H,5-6,9-12H2,1H3. The molecule has 0 unspecified atom stereocenters. The number of hydrogen-bond donors (Lipinski definition) is 0. The van der Waals surface area contributed by atoms with Crippen LogP contribution in [0.15, 0.2) is 42.7 Å². The topological polar surface area (TPSA) is 46.1 Å². The molecule has 0 saturated heterocycles. The van der Waals surface area contributed by atoms with Gasteiger partial charge in [0.2, 0.25) is 0 Å². The van der Waals surface area contributed by atoms with Crippen molar-refractivity contribution in [3.63, 3.8) is 0 Å². The molecule has 1 fully saturated rings. The summed E-state index contributed by atoms with van der Waals surface area (Å²) in [5, 5.41) is 0. The average molecular weight is 309 g/mol. The molecule has 0 atom stereocenters. The summed E-state index contributed by atoms with van der Waals surface area (Å²) in [4.78, 5) is 23.3. The number of benzene rings is 1. The number of hydrogen-bond acceptors (Lipinski definition) is 3. The highest BCUT2D eigenvalue weighted by Crippen LogP contribution is 2.25. The van der Waals surface area contributed by atoms with Gasteiger partial charge in [-0.25, -0.2) is 9.97 Å². The fraction of sp³-hybridized carbons (Fsp3) is 0.421. The first-order chi connectivity index (χ1) is 11.2. The van der Waals surface area contributed by atoms with E-state index in [1.807, 2.05) is 30.0 Å². The molecule has 2 aromatic rings. The van der Waals surface area contributed by atoms with Crippen molar-refractivity contribution in [1.82, 2.24) is 14.9 Å². The molecule has 4 heteroatoms. The van der Waals surface area contributed by atoms with Gasteiger partial charge in [-0.15, -0.1) is 0 Å². The van der Waals surface area contributed by atoms with E-state index in [-0.39, 0.29) is 5.91 Å². The number of nitrogens with zero attached hydrogens (tertiary/aromatic N) is 3. The van der Waals surface area contributed by atoms with Crippen molar-refractivity contribution in [3.05, 3.63) is 59.7 Å². The second kappa shape index (κ2) is 7.36. The van der Waals surface area contributed by atoms with E-state index in [0.29, 0.717) is 17.4 Å². The van der Waals surface area contributed by atoms with E-state index in [0.717, 1.165) is 25.8 Å². The number of aryl methyl sites for hydroxylation is 1. The quantitative estimate of drug-likeness (QED) is 0.850. The Morgan fingerprint density at radius 3 is 2.43 bits per heavy atom. The average Bonchev–Trinajstić information content (AvgIpc) is 3.11. The number of amides is 1. The summed E-state index contributed by atoms with van der Waals surface area (Å²) in [7, 11) is 0. The lowest BCUT2D eigenvalue weighted by Gasteiger charge is -2.29. The predicted octanol–water partition coefficient (Wildman–Crippen LogP) is 3.41. The van der Waals surface area contributed by atoms with Crippen molar-refractivity contribution in [1.29, 1.82) is 0 Å². The smallest absolute Gasteiger partial charge is 0.257 e. The first-order valence-corrected chi connectivity index (χ1v) is 8.37. The molecule has 3 rings (SSSR count).